The van der Waals surface area contributed by atoms with Crippen molar-refractivity contribution < 1.29 is 27.9 Å². The molecule has 0 bridgehead atoms. The van der Waals surface area contributed by atoms with Gasteiger partial charge < -0.3 is 15.0 Å². The highest BCUT2D eigenvalue weighted by Gasteiger charge is 2.34. The summed E-state index contributed by atoms with van der Waals surface area (Å²) >= 11 is 5.96. The number of amides is 1. The molecule has 1 unspecified atom stereocenters. The molecule has 2 aromatic carbocycles. The van der Waals surface area contributed by atoms with Gasteiger partial charge in [0.25, 0.3) is 5.91 Å². The number of carbonyl (C=O) groups excluding carboxylic acids is 1. The maximum absolute atomic E-state index is 13.6. The standard InChI is InChI=1S/C26H26ClF3N2O3/c1-15(17-4-6-18(7-5-17)25(34)35)31-24(33)22-13-20(26(28,29)30)12-19-10-11-32(23(19)22)14-16-2-8-21(27)9-3-16/h2-3,8-13,15,17-18H,4-7,14H2,1H3,(H,31,33)(H,34,35)/t15?,17-,18-. The van der Waals surface area contributed by atoms with E-state index in [0.717, 1.165) is 17.7 Å². The van der Waals surface area contributed by atoms with Gasteiger partial charge in [-0.2, -0.15) is 13.2 Å². The van der Waals surface area contributed by atoms with E-state index >= 15 is 0 Å². The lowest BCUT2D eigenvalue weighted by atomic mass is 9.79. The summed E-state index contributed by atoms with van der Waals surface area (Å²) in [5.41, 5.74) is 0.392. The zero-order valence-corrected chi connectivity index (χ0v) is 19.9. The van der Waals surface area contributed by atoms with Crippen LogP contribution < -0.4 is 5.32 Å². The number of hydrogen-bond donors (Lipinski definition) is 2. The Morgan fingerprint density at radius 1 is 1.11 bits per heavy atom. The Morgan fingerprint density at radius 3 is 2.37 bits per heavy atom. The lowest BCUT2D eigenvalue weighted by Crippen LogP contribution is -2.40. The molecular weight excluding hydrogens is 481 g/mol. The van der Waals surface area contributed by atoms with E-state index in [1.165, 1.54) is 0 Å². The quantitative estimate of drug-likeness (QED) is 0.408. The first-order valence-corrected chi connectivity index (χ1v) is 11.9. The highest BCUT2D eigenvalue weighted by molar-refractivity contribution is 6.30. The number of carboxylic acids is 1. The van der Waals surface area contributed by atoms with Gasteiger partial charge in [0.1, 0.15) is 0 Å². The Labute approximate surface area is 205 Å². The van der Waals surface area contributed by atoms with Crippen molar-refractivity contribution in [2.24, 2.45) is 11.8 Å². The van der Waals surface area contributed by atoms with E-state index in [2.05, 4.69) is 5.32 Å². The van der Waals surface area contributed by atoms with E-state index in [4.69, 9.17) is 11.6 Å². The highest BCUT2D eigenvalue weighted by atomic mass is 35.5. The maximum Gasteiger partial charge on any atom is 0.416 e. The van der Waals surface area contributed by atoms with E-state index < -0.39 is 23.6 Å². The van der Waals surface area contributed by atoms with E-state index in [-0.39, 0.29) is 23.4 Å². The number of aromatic nitrogens is 1. The number of carboxylic acid groups (broad SMARTS) is 1. The van der Waals surface area contributed by atoms with Crippen LogP contribution in [0.25, 0.3) is 10.9 Å². The van der Waals surface area contributed by atoms with Crippen LogP contribution in [0.3, 0.4) is 0 Å². The molecule has 1 aliphatic rings. The third-order valence-electron chi connectivity index (χ3n) is 6.89. The van der Waals surface area contributed by atoms with Gasteiger partial charge in [0, 0.05) is 29.2 Å². The van der Waals surface area contributed by atoms with E-state index in [0.29, 0.717) is 48.2 Å². The minimum absolute atomic E-state index is 0.0418. The number of carbonyl (C=O) groups is 2. The molecule has 186 valence electrons. The molecule has 1 amide bonds. The van der Waals surface area contributed by atoms with Gasteiger partial charge in [-0.15, -0.1) is 0 Å². The van der Waals surface area contributed by atoms with Crippen molar-refractivity contribution in [1.82, 2.24) is 9.88 Å². The number of hydrogen-bond acceptors (Lipinski definition) is 2. The van der Waals surface area contributed by atoms with Gasteiger partial charge in [-0.05, 0) is 74.4 Å². The van der Waals surface area contributed by atoms with Crippen molar-refractivity contribution in [3.63, 3.8) is 0 Å². The van der Waals surface area contributed by atoms with Crippen molar-refractivity contribution in [1.29, 1.82) is 0 Å². The molecule has 2 N–H and O–H groups in total. The van der Waals surface area contributed by atoms with Gasteiger partial charge in [-0.3, -0.25) is 9.59 Å². The van der Waals surface area contributed by atoms with Crippen LogP contribution in [0.4, 0.5) is 13.2 Å². The minimum atomic E-state index is -4.59. The second-order valence-electron chi connectivity index (χ2n) is 9.24. The molecule has 1 heterocycles. The fourth-order valence-electron chi connectivity index (χ4n) is 4.87. The first-order chi connectivity index (χ1) is 16.5. The molecule has 1 saturated carbocycles. The molecule has 1 aliphatic carbocycles. The molecule has 1 atom stereocenters. The third kappa shape index (κ3) is 5.64. The molecule has 9 heteroatoms. The number of nitrogens with zero attached hydrogens (tertiary/aromatic N) is 1. The summed E-state index contributed by atoms with van der Waals surface area (Å²) in [5.74, 6) is -1.71. The number of fused-ring (bicyclic) bond motifs is 1. The third-order valence-corrected chi connectivity index (χ3v) is 7.14. The van der Waals surface area contributed by atoms with Crippen molar-refractivity contribution in [2.75, 3.05) is 0 Å². The van der Waals surface area contributed by atoms with Crippen molar-refractivity contribution in [3.05, 3.63) is 70.4 Å². The van der Waals surface area contributed by atoms with Gasteiger partial charge in [-0.25, -0.2) is 0 Å². The molecular formula is C26H26ClF3N2O3. The van der Waals surface area contributed by atoms with Gasteiger partial charge >= 0.3 is 12.1 Å². The molecule has 4 rings (SSSR count). The van der Waals surface area contributed by atoms with Crippen LogP contribution in [0.15, 0.2) is 48.7 Å². The summed E-state index contributed by atoms with van der Waals surface area (Å²) in [4.78, 5) is 24.5. The van der Waals surface area contributed by atoms with Crippen LogP contribution in [0, 0.1) is 11.8 Å². The lowest BCUT2D eigenvalue weighted by Gasteiger charge is -2.31. The van der Waals surface area contributed by atoms with Gasteiger partial charge in [0.2, 0.25) is 0 Å². The fraction of sp³-hybridized carbons (Fsp3) is 0.385. The first-order valence-electron chi connectivity index (χ1n) is 11.5. The normalized spacial score (nSPS) is 19.5. The molecule has 3 aromatic rings. The van der Waals surface area contributed by atoms with Crippen LogP contribution in [-0.4, -0.2) is 27.6 Å². The molecule has 0 saturated heterocycles. The van der Waals surface area contributed by atoms with Crippen LogP contribution in [0.5, 0.6) is 0 Å². The second-order valence-corrected chi connectivity index (χ2v) is 9.68. The second kappa shape index (κ2) is 9.93. The molecule has 0 spiro atoms. The number of nitrogens with one attached hydrogen (secondary N) is 1. The Bertz CT molecular complexity index is 1230. The predicted molar refractivity (Wildman–Crippen MR) is 128 cm³/mol. The average Bonchev–Trinajstić information content (AvgIpc) is 3.22. The van der Waals surface area contributed by atoms with Gasteiger partial charge in [0.15, 0.2) is 0 Å². The van der Waals surface area contributed by atoms with Gasteiger partial charge in [0.05, 0.1) is 22.6 Å². The molecule has 1 aromatic heterocycles. The summed E-state index contributed by atoms with van der Waals surface area (Å²) in [6, 6.07) is 10.4. The van der Waals surface area contributed by atoms with E-state index in [1.807, 2.05) is 19.1 Å². The topological polar surface area (TPSA) is 71.3 Å². The molecule has 0 aliphatic heterocycles. The fourth-order valence-corrected chi connectivity index (χ4v) is 5.00. The number of benzene rings is 2. The first kappa shape index (κ1) is 25.1. The van der Waals surface area contributed by atoms with Crippen LogP contribution >= 0.6 is 11.6 Å². The monoisotopic (exact) mass is 506 g/mol. The van der Waals surface area contributed by atoms with Crippen molar-refractivity contribution in [2.45, 2.75) is 51.4 Å². The summed E-state index contributed by atoms with van der Waals surface area (Å²) in [5, 5.41) is 13.0. The summed E-state index contributed by atoms with van der Waals surface area (Å²) in [6.07, 6.45) is -0.586. The van der Waals surface area contributed by atoms with Crippen LogP contribution in [0.1, 0.15) is 54.1 Å². The maximum atomic E-state index is 13.6. The number of alkyl halides is 3. The molecule has 35 heavy (non-hydrogen) atoms. The number of rotatable bonds is 6. The number of aliphatic carboxylic acids is 1. The SMILES string of the molecule is CC(NC(=O)c1cc(C(F)(F)F)cc2ccn(Cc3ccc(Cl)cc3)c12)[C@H]1CC[C@H](C(=O)O)CC1. The van der Waals surface area contributed by atoms with E-state index in [9.17, 15) is 27.9 Å². The zero-order chi connectivity index (χ0) is 25.3. The molecule has 0 radical (unpaired) electrons. The zero-order valence-electron chi connectivity index (χ0n) is 19.1. The number of halogens is 4. The van der Waals surface area contributed by atoms with E-state index in [1.54, 1.807) is 29.0 Å². The summed E-state index contributed by atoms with van der Waals surface area (Å²) in [6.45, 7) is 2.18. The van der Waals surface area contributed by atoms with Crippen LogP contribution in [-0.2, 0) is 17.5 Å². The van der Waals surface area contributed by atoms with Crippen LogP contribution in [0.2, 0.25) is 5.02 Å². The van der Waals surface area contributed by atoms with Crippen molar-refractivity contribution >= 4 is 34.4 Å². The summed E-state index contributed by atoms with van der Waals surface area (Å²) < 4.78 is 42.6. The Balaban J connectivity index is 1.63. The largest absolute Gasteiger partial charge is 0.481 e. The highest BCUT2D eigenvalue weighted by Crippen LogP contribution is 2.35. The lowest BCUT2D eigenvalue weighted by molar-refractivity contribution is -0.143. The molecule has 5 nitrogen and oxygen atoms in total. The summed E-state index contributed by atoms with van der Waals surface area (Å²) in [7, 11) is 0. The Morgan fingerprint density at radius 2 is 1.77 bits per heavy atom. The van der Waals surface area contributed by atoms with Crippen molar-refractivity contribution in [3.8, 4) is 0 Å². The smallest absolute Gasteiger partial charge is 0.416 e. The molecule has 1 fully saturated rings. The predicted octanol–water partition coefficient (Wildman–Crippen LogP) is 6.37. The minimum Gasteiger partial charge on any atom is -0.481 e. The average molecular weight is 507 g/mol. The Kier molecular flexibility index (Phi) is 7.12. The Hall–Kier alpha value is -3.00. The van der Waals surface area contributed by atoms with Gasteiger partial charge in [-0.1, -0.05) is 23.7 Å².